The van der Waals surface area contributed by atoms with Crippen LogP contribution in [-0.4, -0.2) is 35.4 Å². The summed E-state index contributed by atoms with van der Waals surface area (Å²) in [5.74, 6) is 1.40. The summed E-state index contributed by atoms with van der Waals surface area (Å²) in [6, 6.07) is 4.34. The molecular weight excluding hydrogens is 230 g/mol. The summed E-state index contributed by atoms with van der Waals surface area (Å²) >= 11 is 0. The van der Waals surface area contributed by atoms with Crippen molar-refractivity contribution >= 4 is 11.5 Å². The van der Waals surface area contributed by atoms with Crippen LogP contribution in [0.3, 0.4) is 0 Å². The first-order valence-electron chi connectivity index (χ1n) is 6.46. The lowest BCUT2D eigenvalue weighted by Gasteiger charge is -2.38. The Balaban J connectivity index is 1.95. The molecule has 0 radical (unpaired) electrons. The van der Waals surface area contributed by atoms with Crippen LogP contribution >= 0.6 is 0 Å². The number of pyridine rings is 1. The number of nitrogen functional groups attached to an aromatic ring is 1. The van der Waals surface area contributed by atoms with E-state index in [0.29, 0.717) is 23.7 Å². The van der Waals surface area contributed by atoms with E-state index in [1.807, 2.05) is 6.07 Å². The van der Waals surface area contributed by atoms with E-state index in [2.05, 4.69) is 9.88 Å². The second-order valence-corrected chi connectivity index (χ2v) is 5.18. The van der Waals surface area contributed by atoms with Crippen molar-refractivity contribution in [2.75, 3.05) is 17.7 Å². The minimum atomic E-state index is -0.175. The maximum absolute atomic E-state index is 9.82. The number of fused-ring (bicyclic) bond motifs is 2. The lowest BCUT2D eigenvalue weighted by Crippen LogP contribution is -2.45. The molecule has 1 aromatic heterocycles. The minimum absolute atomic E-state index is 0.175. The van der Waals surface area contributed by atoms with Crippen LogP contribution in [0.5, 0.6) is 5.88 Å². The topological polar surface area (TPSA) is 71.6 Å². The van der Waals surface area contributed by atoms with Crippen molar-refractivity contribution in [2.24, 2.45) is 0 Å². The number of nitrogens with zero attached hydrogens (tertiary/aromatic N) is 2. The standard InChI is InChI=1S/C13H19N3O2/c1-18-12-5-4-11(14)13(15-12)16-8-2-3-9(16)7-10(17)6-8/h4-5,8-10,17H,2-3,6-7,14H2,1H3. The number of piperidine rings is 1. The zero-order valence-corrected chi connectivity index (χ0v) is 10.5. The Labute approximate surface area is 107 Å². The molecule has 3 heterocycles. The lowest BCUT2D eigenvalue weighted by atomic mass is 10.00. The Morgan fingerprint density at radius 1 is 1.33 bits per heavy atom. The molecule has 18 heavy (non-hydrogen) atoms. The van der Waals surface area contributed by atoms with E-state index in [-0.39, 0.29) is 6.10 Å². The molecule has 5 heteroatoms. The predicted octanol–water partition coefficient (Wildman–Crippen LogP) is 1.16. The molecule has 2 saturated heterocycles. The number of nitrogens with two attached hydrogens (primary N) is 1. The van der Waals surface area contributed by atoms with Gasteiger partial charge in [-0.3, -0.25) is 0 Å². The van der Waals surface area contributed by atoms with Gasteiger partial charge in [-0.15, -0.1) is 0 Å². The molecule has 5 nitrogen and oxygen atoms in total. The zero-order valence-electron chi connectivity index (χ0n) is 10.5. The third-order valence-electron chi connectivity index (χ3n) is 4.04. The largest absolute Gasteiger partial charge is 0.481 e. The monoisotopic (exact) mass is 249 g/mol. The summed E-state index contributed by atoms with van der Waals surface area (Å²) in [6.07, 6.45) is 3.68. The summed E-state index contributed by atoms with van der Waals surface area (Å²) in [7, 11) is 1.61. The van der Waals surface area contributed by atoms with Gasteiger partial charge in [-0.2, -0.15) is 4.98 Å². The fourth-order valence-corrected chi connectivity index (χ4v) is 3.26. The number of hydrogen-bond acceptors (Lipinski definition) is 5. The first-order valence-corrected chi connectivity index (χ1v) is 6.46. The van der Waals surface area contributed by atoms with Gasteiger partial charge in [-0.25, -0.2) is 0 Å². The second kappa shape index (κ2) is 4.31. The third-order valence-corrected chi connectivity index (χ3v) is 4.04. The van der Waals surface area contributed by atoms with E-state index in [1.165, 1.54) is 0 Å². The molecule has 1 aromatic rings. The van der Waals surface area contributed by atoms with Gasteiger partial charge in [0.25, 0.3) is 0 Å². The number of aliphatic hydroxyl groups is 1. The van der Waals surface area contributed by atoms with Gasteiger partial charge >= 0.3 is 0 Å². The number of methoxy groups -OCH3 is 1. The Kier molecular flexibility index (Phi) is 2.78. The van der Waals surface area contributed by atoms with Crippen molar-refractivity contribution in [1.29, 1.82) is 0 Å². The van der Waals surface area contributed by atoms with Gasteiger partial charge in [-0.1, -0.05) is 0 Å². The number of aromatic nitrogens is 1. The van der Waals surface area contributed by atoms with Crippen LogP contribution in [0.15, 0.2) is 12.1 Å². The maximum atomic E-state index is 9.82. The first kappa shape index (κ1) is 11.6. The number of aliphatic hydroxyl groups excluding tert-OH is 1. The van der Waals surface area contributed by atoms with Crippen LogP contribution in [0.4, 0.5) is 11.5 Å². The summed E-state index contributed by atoms with van der Waals surface area (Å²) in [6.45, 7) is 0. The molecule has 3 N–H and O–H groups in total. The van der Waals surface area contributed by atoms with Crippen molar-refractivity contribution in [3.05, 3.63) is 12.1 Å². The fraction of sp³-hybridized carbons (Fsp3) is 0.615. The average Bonchev–Trinajstić information content (AvgIpc) is 2.63. The van der Waals surface area contributed by atoms with E-state index in [0.717, 1.165) is 31.5 Å². The molecule has 2 fully saturated rings. The number of hydrogen-bond donors (Lipinski definition) is 2. The van der Waals surface area contributed by atoms with Crippen LogP contribution in [0.1, 0.15) is 25.7 Å². The molecule has 2 atom stereocenters. The molecule has 0 aliphatic carbocycles. The molecule has 2 unspecified atom stereocenters. The zero-order chi connectivity index (χ0) is 12.7. The molecule has 0 amide bonds. The number of anilines is 2. The highest BCUT2D eigenvalue weighted by Gasteiger charge is 2.41. The van der Waals surface area contributed by atoms with Crippen LogP contribution < -0.4 is 15.4 Å². The van der Waals surface area contributed by atoms with E-state index < -0.39 is 0 Å². The van der Waals surface area contributed by atoms with Gasteiger partial charge in [0.2, 0.25) is 5.88 Å². The first-order chi connectivity index (χ1) is 8.69. The lowest BCUT2D eigenvalue weighted by molar-refractivity contribution is 0.126. The second-order valence-electron chi connectivity index (χ2n) is 5.18. The third kappa shape index (κ3) is 1.79. The van der Waals surface area contributed by atoms with Gasteiger partial charge in [0.05, 0.1) is 18.9 Å². The molecule has 2 bridgehead atoms. The molecule has 2 aliphatic rings. The van der Waals surface area contributed by atoms with Crippen LogP contribution in [-0.2, 0) is 0 Å². The number of ether oxygens (including phenoxy) is 1. The number of rotatable bonds is 2. The van der Waals surface area contributed by atoms with Crippen LogP contribution in [0.2, 0.25) is 0 Å². The van der Waals surface area contributed by atoms with Gasteiger partial charge in [-0.05, 0) is 31.7 Å². The van der Waals surface area contributed by atoms with Crippen molar-refractivity contribution < 1.29 is 9.84 Å². The Morgan fingerprint density at radius 3 is 2.61 bits per heavy atom. The van der Waals surface area contributed by atoms with Crippen LogP contribution in [0, 0.1) is 0 Å². The van der Waals surface area contributed by atoms with Crippen molar-refractivity contribution in [3.8, 4) is 5.88 Å². The quantitative estimate of drug-likeness (QED) is 0.823. The van der Waals surface area contributed by atoms with Crippen LogP contribution in [0.25, 0.3) is 0 Å². The smallest absolute Gasteiger partial charge is 0.215 e. The fourth-order valence-electron chi connectivity index (χ4n) is 3.26. The summed E-state index contributed by atoms with van der Waals surface area (Å²) in [4.78, 5) is 6.76. The van der Waals surface area contributed by atoms with Crippen molar-refractivity contribution in [2.45, 2.75) is 43.9 Å². The summed E-state index contributed by atoms with van der Waals surface area (Å²) in [5, 5.41) is 9.82. The van der Waals surface area contributed by atoms with E-state index in [9.17, 15) is 5.11 Å². The Hall–Kier alpha value is -1.49. The summed E-state index contributed by atoms with van der Waals surface area (Å²) < 4.78 is 5.17. The summed E-state index contributed by atoms with van der Waals surface area (Å²) in [5.41, 5.74) is 6.72. The van der Waals surface area contributed by atoms with Gasteiger partial charge in [0.1, 0.15) is 0 Å². The Morgan fingerprint density at radius 2 is 2.00 bits per heavy atom. The molecule has 3 rings (SSSR count). The maximum Gasteiger partial charge on any atom is 0.215 e. The minimum Gasteiger partial charge on any atom is -0.481 e. The SMILES string of the molecule is COc1ccc(N)c(N2C3CCC2CC(O)C3)n1. The van der Waals surface area contributed by atoms with E-state index >= 15 is 0 Å². The average molecular weight is 249 g/mol. The molecule has 0 spiro atoms. The van der Waals surface area contributed by atoms with Gasteiger partial charge < -0.3 is 20.5 Å². The molecular formula is C13H19N3O2. The normalized spacial score (nSPS) is 30.6. The molecule has 98 valence electrons. The van der Waals surface area contributed by atoms with E-state index in [4.69, 9.17) is 10.5 Å². The van der Waals surface area contributed by atoms with E-state index in [1.54, 1.807) is 13.2 Å². The molecule has 0 saturated carbocycles. The van der Waals surface area contributed by atoms with Gasteiger partial charge in [0, 0.05) is 18.2 Å². The highest BCUT2D eigenvalue weighted by atomic mass is 16.5. The van der Waals surface area contributed by atoms with Crippen molar-refractivity contribution in [1.82, 2.24) is 4.98 Å². The highest BCUT2D eigenvalue weighted by molar-refractivity contribution is 5.65. The van der Waals surface area contributed by atoms with Crippen molar-refractivity contribution in [3.63, 3.8) is 0 Å². The van der Waals surface area contributed by atoms with Gasteiger partial charge in [0.15, 0.2) is 5.82 Å². The predicted molar refractivity (Wildman–Crippen MR) is 69.7 cm³/mol. The highest BCUT2D eigenvalue weighted by Crippen LogP contribution is 2.41. The molecule has 2 aliphatic heterocycles. The Bertz CT molecular complexity index is 438. The molecule has 0 aromatic carbocycles.